The standard InChI is InChI=1S/C15H11FINO3/c1-21-15(20)11-8-9(6-7-12(11)16)18-14(19)10-4-2-3-5-13(10)17/h2-8H,1H3,(H,18,19). The maximum Gasteiger partial charge on any atom is 0.340 e. The lowest BCUT2D eigenvalue weighted by Gasteiger charge is -2.08. The van der Waals surface area contributed by atoms with Crippen LogP contribution in [0, 0.1) is 9.39 Å². The number of halogens is 2. The number of anilines is 1. The number of carbonyl (C=O) groups excluding carboxylic acids is 2. The van der Waals surface area contributed by atoms with Crippen LogP contribution in [0.15, 0.2) is 42.5 Å². The lowest BCUT2D eigenvalue weighted by atomic mass is 10.1. The molecule has 0 aromatic heterocycles. The Labute approximate surface area is 134 Å². The van der Waals surface area contributed by atoms with Crippen molar-refractivity contribution in [2.24, 2.45) is 0 Å². The SMILES string of the molecule is COC(=O)c1cc(NC(=O)c2ccccc2I)ccc1F. The van der Waals surface area contributed by atoms with Crippen LogP contribution in [0.5, 0.6) is 0 Å². The second-order valence-electron chi connectivity index (χ2n) is 4.12. The van der Waals surface area contributed by atoms with E-state index in [1.807, 2.05) is 6.07 Å². The Morgan fingerprint density at radius 1 is 1.14 bits per heavy atom. The summed E-state index contributed by atoms with van der Waals surface area (Å²) in [6.07, 6.45) is 0. The summed E-state index contributed by atoms with van der Waals surface area (Å²) < 4.78 is 18.8. The quantitative estimate of drug-likeness (QED) is 0.636. The Kier molecular flexibility index (Phi) is 4.89. The van der Waals surface area contributed by atoms with E-state index in [1.54, 1.807) is 18.2 Å². The molecule has 0 aliphatic heterocycles. The Bertz CT molecular complexity index is 703. The molecular weight excluding hydrogens is 388 g/mol. The van der Waals surface area contributed by atoms with Crippen LogP contribution in [0.3, 0.4) is 0 Å². The van der Waals surface area contributed by atoms with E-state index >= 15 is 0 Å². The summed E-state index contributed by atoms with van der Waals surface area (Å²) in [5, 5.41) is 2.63. The van der Waals surface area contributed by atoms with Gasteiger partial charge in [-0.1, -0.05) is 12.1 Å². The molecule has 0 saturated heterocycles. The van der Waals surface area contributed by atoms with Crippen molar-refractivity contribution in [2.75, 3.05) is 12.4 Å². The van der Waals surface area contributed by atoms with Crippen molar-refractivity contribution in [3.63, 3.8) is 0 Å². The highest BCUT2D eigenvalue weighted by molar-refractivity contribution is 14.1. The normalized spacial score (nSPS) is 10.0. The van der Waals surface area contributed by atoms with Crippen LogP contribution in [0.2, 0.25) is 0 Å². The van der Waals surface area contributed by atoms with Gasteiger partial charge >= 0.3 is 5.97 Å². The highest BCUT2D eigenvalue weighted by Crippen LogP contribution is 2.18. The van der Waals surface area contributed by atoms with Gasteiger partial charge in [-0.25, -0.2) is 9.18 Å². The van der Waals surface area contributed by atoms with Gasteiger partial charge in [-0.3, -0.25) is 4.79 Å². The fourth-order valence-electron chi connectivity index (χ4n) is 1.71. The number of esters is 1. The third-order valence-electron chi connectivity index (χ3n) is 2.75. The lowest BCUT2D eigenvalue weighted by Crippen LogP contribution is -2.14. The lowest BCUT2D eigenvalue weighted by molar-refractivity contribution is 0.0595. The third kappa shape index (κ3) is 3.57. The summed E-state index contributed by atoms with van der Waals surface area (Å²) in [6, 6.07) is 10.8. The van der Waals surface area contributed by atoms with Gasteiger partial charge in [0, 0.05) is 9.26 Å². The first-order chi connectivity index (χ1) is 10.0. The summed E-state index contributed by atoms with van der Waals surface area (Å²) in [4.78, 5) is 23.6. The molecule has 0 fully saturated rings. The summed E-state index contributed by atoms with van der Waals surface area (Å²) in [7, 11) is 1.17. The van der Waals surface area contributed by atoms with E-state index in [9.17, 15) is 14.0 Å². The van der Waals surface area contributed by atoms with Crippen LogP contribution in [-0.2, 0) is 4.74 Å². The summed E-state index contributed by atoms with van der Waals surface area (Å²) in [6.45, 7) is 0. The minimum absolute atomic E-state index is 0.224. The second kappa shape index (κ2) is 6.66. The van der Waals surface area contributed by atoms with E-state index < -0.39 is 11.8 Å². The second-order valence-corrected chi connectivity index (χ2v) is 5.28. The fraction of sp³-hybridized carbons (Fsp3) is 0.0667. The van der Waals surface area contributed by atoms with Crippen molar-refractivity contribution in [1.29, 1.82) is 0 Å². The van der Waals surface area contributed by atoms with E-state index in [0.717, 1.165) is 9.64 Å². The van der Waals surface area contributed by atoms with Gasteiger partial charge in [0.2, 0.25) is 0 Å². The van der Waals surface area contributed by atoms with Gasteiger partial charge in [-0.05, 0) is 52.9 Å². The van der Waals surface area contributed by atoms with E-state index in [2.05, 4.69) is 32.6 Å². The maximum absolute atomic E-state index is 13.5. The predicted molar refractivity (Wildman–Crippen MR) is 84.9 cm³/mol. The van der Waals surface area contributed by atoms with Gasteiger partial charge in [0.25, 0.3) is 5.91 Å². The number of carbonyl (C=O) groups is 2. The van der Waals surface area contributed by atoms with Crippen LogP contribution in [0.1, 0.15) is 20.7 Å². The maximum atomic E-state index is 13.5. The Balaban J connectivity index is 2.26. The topological polar surface area (TPSA) is 55.4 Å². The average molecular weight is 399 g/mol. The smallest absolute Gasteiger partial charge is 0.340 e. The Morgan fingerprint density at radius 3 is 2.52 bits per heavy atom. The van der Waals surface area contributed by atoms with Crippen molar-refractivity contribution in [1.82, 2.24) is 0 Å². The molecule has 0 atom stereocenters. The van der Waals surface area contributed by atoms with Gasteiger partial charge in [0.1, 0.15) is 5.82 Å². The van der Waals surface area contributed by atoms with Gasteiger partial charge < -0.3 is 10.1 Å². The first kappa shape index (κ1) is 15.4. The fourth-order valence-corrected chi connectivity index (χ4v) is 2.35. The average Bonchev–Trinajstić information content (AvgIpc) is 2.48. The van der Waals surface area contributed by atoms with Crippen molar-refractivity contribution in [3.05, 3.63) is 63.0 Å². The zero-order valence-electron chi connectivity index (χ0n) is 11.0. The van der Waals surface area contributed by atoms with Crippen molar-refractivity contribution in [2.45, 2.75) is 0 Å². The summed E-state index contributed by atoms with van der Waals surface area (Å²) in [5.41, 5.74) is 0.599. The minimum Gasteiger partial charge on any atom is -0.465 e. The van der Waals surface area contributed by atoms with E-state index in [-0.39, 0.29) is 11.5 Å². The molecule has 0 heterocycles. The summed E-state index contributed by atoms with van der Waals surface area (Å²) >= 11 is 2.05. The van der Waals surface area contributed by atoms with Gasteiger partial charge in [-0.2, -0.15) is 0 Å². The molecule has 0 aliphatic rings. The summed E-state index contributed by atoms with van der Waals surface area (Å²) in [5.74, 6) is -1.82. The van der Waals surface area contributed by atoms with Crippen molar-refractivity contribution >= 4 is 40.2 Å². The molecule has 0 radical (unpaired) electrons. The molecule has 0 aliphatic carbocycles. The van der Waals surface area contributed by atoms with E-state index in [0.29, 0.717) is 11.3 Å². The monoisotopic (exact) mass is 399 g/mol. The molecule has 1 N–H and O–H groups in total. The highest BCUT2D eigenvalue weighted by atomic mass is 127. The zero-order valence-corrected chi connectivity index (χ0v) is 13.2. The van der Waals surface area contributed by atoms with Crippen LogP contribution in [0.4, 0.5) is 10.1 Å². The van der Waals surface area contributed by atoms with Gasteiger partial charge in [-0.15, -0.1) is 0 Å². The molecule has 2 aromatic carbocycles. The Hall–Kier alpha value is -1.96. The first-order valence-corrected chi connectivity index (χ1v) is 7.04. The van der Waals surface area contributed by atoms with E-state index in [1.165, 1.54) is 19.2 Å². The molecule has 108 valence electrons. The number of amides is 1. The molecule has 0 unspecified atom stereocenters. The molecule has 0 saturated carbocycles. The van der Waals surface area contributed by atoms with Crippen LogP contribution >= 0.6 is 22.6 Å². The molecule has 0 spiro atoms. The van der Waals surface area contributed by atoms with Gasteiger partial charge in [0.15, 0.2) is 0 Å². The number of hydrogen-bond acceptors (Lipinski definition) is 3. The molecule has 2 aromatic rings. The number of methoxy groups -OCH3 is 1. The predicted octanol–water partition coefficient (Wildman–Crippen LogP) is 3.47. The molecular formula is C15H11FINO3. The van der Waals surface area contributed by atoms with Gasteiger partial charge in [0.05, 0.1) is 18.2 Å². The molecule has 0 bridgehead atoms. The van der Waals surface area contributed by atoms with Crippen molar-refractivity contribution < 1.29 is 18.7 Å². The number of rotatable bonds is 3. The Morgan fingerprint density at radius 2 is 1.86 bits per heavy atom. The van der Waals surface area contributed by atoms with E-state index in [4.69, 9.17) is 0 Å². The third-order valence-corrected chi connectivity index (χ3v) is 3.69. The highest BCUT2D eigenvalue weighted by Gasteiger charge is 2.15. The molecule has 6 heteroatoms. The number of nitrogens with one attached hydrogen (secondary N) is 1. The van der Waals surface area contributed by atoms with Crippen LogP contribution in [0.25, 0.3) is 0 Å². The molecule has 21 heavy (non-hydrogen) atoms. The first-order valence-electron chi connectivity index (χ1n) is 5.96. The largest absolute Gasteiger partial charge is 0.465 e. The minimum atomic E-state index is -0.794. The number of ether oxygens (including phenoxy) is 1. The molecule has 2 rings (SSSR count). The zero-order chi connectivity index (χ0) is 15.4. The molecule has 1 amide bonds. The van der Waals surface area contributed by atoms with Crippen molar-refractivity contribution in [3.8, 4) is 0 Å². The van der Waals surface area contributed by atoms with Crippen LogP contribution in [-0.4, -0.2) is 19.0 Å². The number of benzene rings is 2. The van der Waals surface area contributed by atoms with Crippen LogP contribution < -0.4 is 5.32 Å². The number of hydrogen-bond donors (Lipinski definition) is 1. The molecule has 4 nitrogen and oxygen atoms in total.